The third-order valence-electron chi connectivity index (χ3n) is 3.26. The van der Waals surface area contributed by atoms with Crippen molar-refractivity contribution >= 4 is 5.97 Å². The van der Waals surface area contributed by atoms with Crippen LogP contribution >= 0.6 is 0 Å². The molecule has 0 spiro atoms. The largest absolute Gasteiger partial charge is 0.488 e. The first-order valence-electron chi connectivity index (χ1n) is 6.49. The van der Waals surface area contributed by atoms with Crippen LogP contribution in [-0.2, 0) is 6.61 Å². The molecule has 0 amide bonds. The quantitative estimate of drug-likeness (QED) is 0.936. The van der Waals surface area contributed by atoms with E-state index in [2.05, 4.69) is 0 Å². The highest BCUT2D eigenvalue weighted by atomic mass is 16.7. The number of benzene rings is 2. The average Bonchev–Trinajstić information content (AvgIpc) is 2.93. The first kappa shape index (κ1) is 13.3. The number of rotatable bonds is 4. The van der Waals surface area contributed by atoms with Gasteiger partial charge in [0.25, 0.3) is 0 Å². The summed E-state index contributed by atoms with van der Waals surface area (Å²) >= 11 is 0. The molecule has 0 saturated heterocycles. The minimum Gasteiger partial charge on any atom is -0.488 e. The molecule has 1 N–H and O–H groups in total. The van der Waals surface area contributed by atoms with Crippen molar-refractivity contribution in [1.82, 2.24) is 0 Å². The number of aryl methyl sites for hydroxylation is 1. The second-order valence-electron chi connectivity index (χ2n) is 4.73. The Balaban J connectivity index is 1.80. The van der Waals surface area contributed by atoms with Gasteiger partial charge >= 0.3 is 5.97 Å². The SMILES string of the molecule is Cc1cccc(C(=O)O)c1OCc1ccc2c(c1)OCO2. The molecule has 1 aliphatic heterocycles. The topological polar surface area (TPSA) is 65.0 Å². The molecule has 0 unspecified atom stereocenters. The minimum atomic E-state index is -1.00. The number of carbonyl (C=O) groups is 1. The molecule has 0 radical (unpaired) electrons. The van der Waals surface area contributed by atoms with Crippen LogP contribution in [-0.4, -0.2) is 17.9 Å². The Morgan fingerprint density at radius 1 is 1.24 bits per heavy atom. The van der Waals surface area contributed by atoms with E-state index in [1.165, 1.54) is 6.07 Å². The van der Waals surface area contributed by atoms with Crippen LogP contribution in [0, 0.1) is 6.92 Å². The summed E-state index contributed by atoms with van der Waals surface area (Å²) in [4.78, 5) is 11.2. The number of fused-ring (bicyclic) bond motifs is 1. The summed E-state index contributed by atoms with van der Waals surface area (Å²) in [5.74, 6) is 0.780. The average molecular weight is 286 g/mol. The molecule has 0 atom stereocenters. The van der Waals surface area contributed by atoms with Gasteiger partial charge in [-0.1, -0.05) is 18.2 Å². The van der Waals surface area contributed by atoms with Crippen molar-refractivity contribution < 1.29 is 24.1 Å². The first-order chi connectivity index (χ1) is 10.1. The molecule has 5 heteroatoms. The minimum absolute atomic E-state index is 0.163. The number of carboxylic acid groups (broad SMARTS) is 1. The molecule has 2 aromatic carbocycles. The standard InChI is InChI=1S/C16H14O5/c1-10-3-2-4-12(16(17)18)15(10)19-8-11-5-6-13-14(7-11)21-9-20-13/h2-7H,8-9H2,1H3,(H,17,18). The van der Waals surface area contributed by atoms with Gasteiger partial charge in [0.2, 0.25) is 6.79 Å². The molecule has 0 saturated carbocycles. The molecule has 0 fully saturated rings. The van der Waals surface area contributed by atoms with Gasteiger partial charge < -0.3 is 19.3 Å². The molecular weight excluding hydrogens is 272 g/mol. The summed E-state index contributed by atoms with van der Waals surface area (Å²) in [5, 5.41) is 9.20. The Kier molecular flexibility index (Phi) is 3.39. The van der Waals surface area contributed by atoms with Crippen LogP contribution in [0.1, 0.15) is 21.5 Å². The van der Waals surface area contributed by atoms with E-state index >= 15 is 0 Å². The zero-order valence-corrected chi connectivity index (χ0v) is 11.5. The fourth-order valence-electron chi connectivity index (χ4n) is 2.20. The second-order valence-corrected chi connectivity index (χ2v) is 4.73. The molecule has 3 rings (SSSR count). The number of hydrogen-bond acceptors (Lipinski definition) is 4. The lowest BCUT2D eigenvalue weighted by atomic mass is 10.1. The molecule has 21 heavy (non-hydrogen) atoms. The number of aromatic carboxylic acids is 1. The van der Waals surface area contributed by atoms with E-state index in [0.717, 1.165) is 11.1 Å². The van der Waals surface area contributed by atoms with Gasteiger partial charge in [0.15, 0.2) is 11.5 Å². The molecule has 0 bridgehead atoms. The van der Waals surface area contributed by atoms with Crippen molar-refractivity contribution in [3.05, 3.63) is 53.1 Å². The van der Waals surface area contributed by atoms with Gasteiger partial charge in [-0.15, -0.1) is 0 Å². The lowest BCUT2D eigenvalue weighted by Crippen LogP contribution is -2.05. The lowest BCUT2D eigenvalue weighted by Gasteiger charge is -2.12. The summed E-state index contributed by atoms with van der Waals surface area (Å²) in [6.45, 7) is 2.31. The maximum absolute atomic E-state index is 11.2. The monoisotopic (exact) mass is 286 g/mol. The Hall–Kier alpha value is -2.69. The predicted molar refractivity (Wildman–Crippen MR) is 75.0 cm³/mol. The Labute approximate surface area is 121 Å². The van der Waals surface area contributed by atoms with Gasteiger partial charge in [0.1, 0.15) is 17.9 Å². The molecular formula is C16H14O5. The van der Waals surface area contributed by atoms with Crippen molar-refractivity contribution in [3.63, 3.8) is 0 Å². The highest BCUT2D eigenvalue weighted by molar-refractivity contribution is 5.91. The van der Waals surface area contributed by atoms with E-state index in [0.29, 0.717) is 17.2 Å². The van der Waals surface area contributed by atoms with Gasteiger partial charge in [0.05, 0.1) is 0 Å². The lowest BCUT2D eigenvalue weighted by molar-refractivity contribution is 0.0691. The van der Waals surface area contributed by atoms with E-state index in [4.69, 9.17) is 14.2 Å². The fraction of sp³-hybridized carbons (Fsp3) is 0.188. The van der Waals surface area contributed by atoms with Crippen LogP contribution < -0.4 is 14.2 Å². The third-order valence-corrected chi connectivity index (χ3v) is 3.26. The Morgan fingerprint density at radius 3 is 2.86 bits per heavy atom. The molecule has 2 aromatic rings. The van der Waals surface area contributed by atoms with E-state index in [1.807, 2.05) is 31.2 Å². The third kappa shape index (κ3) is 2.63. The summed E-state index contributed by atoms with van der Waals surface area (Å²) < 4.78 is 16.2. The molecule has 1 heterocycles. The predicted octanol–water partition coefficient (Wildman–Crippen LogP) is 3.00. The number of para-hydroxylation sites is 1. The fourth-order valence-corrected chi connectivity index (χ4v) is 2.20. The van der Waals surface area contributed by atoms with E-state index < -0.39 is 5.97 Å². The Morgan fingerprint density at radius 2 is 2.05 bits per heavy atom. The maximum Gasteiger partial charge on any atom is 0.339 e. The number of carboxylic acids is 1. The summed E-state index contributed by atoms with van der Waals surface area (Å²) in [6.07, 6.45) is 0. The molecule has 5 nitrogen and oxygen atoms in total. The highest BCUT2D eigenvalue weighted by Gasteiger charge is 2.16. The van der Waals surface area contributed by atoms with Gasteiger partial charge in [0, 0.05) is 0 Å². The van der Waals surface area contributed by atoms with Crippen molar-refractivity contribution in [2.24, 2.45) is 0 Å². The van der Waals surface area contributed by atoms with Crippen LogP contribution in [0.5, 0.6) is 17.2 Å². The first-order valence-corrected chi connectivity index (χ1v) is 6.49. The zero-order valence-electron chi connectivity index (χ0n) is 11.5. The number of ether oxygens (including phenoxy) is 3. The van der Waals surface area contributed by atoms with E-state index in [1.54, 1.807) is 6.07 Å². The van der Waals surface area contributed by atoms with Crippen LogP contribution in [0.15, 0.2) is 36.4 Å². The van der Waals surface area contributed by atoms with Crippen LogP contribution in [0.4, 0.5) is 0 Å². The molecule has 0 aliphatic carbocycles. The van der Waals surface area contributed by atoms with Crippen molar-refractivity contribution in [3.8, 4) is 17.2 Å². The molecule has 108 valence electrons. The highest BCUT2D eigenvalue weighted by Crippen LogP contribution is 2.33. The van der Waals surface area contributed by atoms with Gasteiger partial charge in [-0.05, 0) is 36.2 Å². The zero-order chi connectivity index (χ0) is 14.8. The van der Waals surface area contributed by atoms with E-state index in [9.17, 15) is 9.90 Å². The smallest absolute Gasteiger partial charge is 0.339 e. The number of hydrogen-bond donors (Lipinski definition) is 1. The maximum atomic E-state index is 11.2. The van der Waals surface area contributed by atoms with Crippen molar-refractivity contribution in [2.75, 3.05) is 6.79 Å². The normalized spacial score (nSPS) is 12.2. The van der Waals surface area contributed by atoms with Crippen LogP contribution in [0.3, 0.4) is 0 Å². The van der Waals surface area contributed by atoms with Crippen molar-refractivity contribution in [1.29, 1.82) is 0 Å². The van der Waals surface area contributed by atoms with Gasteiger partial charge in [-0.25, -0.2) is 4.79 Å². The summed E-state index contributed by atoms with van der Waals surface area (Å²) in [6, 6.07) is 10.6. The van der Waals surface area contributed by atoms with Gasteiger partial charge in [-0.2, -0.15) is 0 Å². The van der Waals surface area contributed by atoms with Crippen molar-refractivity contribution in [2.45, 2.75) is 13.5 Å². The Bertz CT molecular complexity index is 693. The summed E-state index contributed by atoms with van der Waals surface area (Å²) in [7, 11) is 0. The molecule has 0 aromatic heterocycles. The molecule has 1 aliphatic rings. The van der Waals surface area contributed by atoms with Crippen LogP contribution in [0.25, 0.3) is 0 Å². The second kappa shape index (κ2) is 5.36. The van der Waals surface area contributed by atoms with Gasteiger partial charge in [-0.3, -0.25) is 0 Å². The summed E-state index contributed by atoms with van der Waals surface area (Å²) in [5.41, 5.74) is 1.84. The van der Waals surface area contributed by atoms with E-state index in [-0.39, 0.29) is 19.0 Å². The van der Waals surface area contributed by atoms with Crippen LogP contribution in [0.2, 0.25) is 0 Å².